The van der Waals surface area contributed by atoms with Crippen LogP contribution in [0.3, 0.4) is 0 Å². The van der Waals surface area contributed by atoms with Crippen molar-refractivity contribution in [3.63, 3.8) is 0 Å². The smallest absolute Gasteiger partial charge is 0.0274 e. The summed E-state index contributed by atoms with van der Waals surface area (Å²) in [5, 5.41) is 0. The molecule has 12 heavy (non-hydrogen) atoms. The van der Waals surface area contributed by atoms with Gasteiger partial charge in [0, 0.05) is 0 Å². The molecule has 0 atom stereocenters. The Hall–Kier alpha value is -0.780. The van der Waals surface area contributed by atoms with Crippen molar-refractivity contribution in [2.45, 2.75) is 32.6 Å². The van der Waals surface area contributed by atoms with Crippen molar-refractivity contribution < 1.29 is 0 Å². The van der Waals surface area contributed by atoms with Gasteiger partial charge in [-0.3, -0.25) is 0 Å². The molecule has 0 saturated carbocycles. The molecule has 0 radical (unpaired) electrons. The van der Waals surface area contributed by atoms with Gasteiger partial charge in [-0.05, 0) is 42.7 Å². The normalized spacial score (nSPS) is 20.4. The van der Waals surface area contributed by atoms with Gasteiger partial charge in [0.15, 0.2) is 0 Å². The van der Waals surface area contributed by atoms with E-state index in [9.17, 15) is 0 Å². The molecule has 0 fully saturated rings. The largest absolute Gasteiger partial charge is 0.0988 e. The Morgan fingerprint density at radius 1 is 1.08 bits per heavy atom. The van der Waals surface area contributed by atoms with E-state index in [4.69, 9.17) is 0 Å². The van der Waals surface area contributed by atoms with Gasteiger partial charge in [-0.1, -0.05) is 32.2 Å². The van der Waals surface area contributed by atoms with E-state index >= 15 is 0 Å². The second-order valence-corrected chi connectivity index (χ2v) is 3.64. The molecule has 0 aromatic carbocycles. The summed E-state index contributed by atoms with van der Waals surface area (Å²) in [6.45, 7) is 10.0. The van der Waals surface area contributed by atoms with Gasteiger partial charge in [-0.2, -0.15) is 0 Å². The highest BCUT2D eigenvalue weighted by molar-refractivity contribution is 5.32. The summed E-state index contributed by atoms with van der Waals surface area (Å²) < 4.78 is 0. The van der Waals surface area contributed by atoms with Crippen molar-refractivity contribution in [1.29, 1.82) is 0 Å². The van der Waals surface area contributed by atoms with Crippen LogP contribution in [0.4, 0.5) is 0 Å². The van der Waals surface area contributed by atoms with E-state index < -0.39 is 0 Å². The third kappa shape index (κ3) is 2.10. The lowest BCUT2D eigenvalue weighted by Gasteiger charge is -2.04. The molecule has 0 spiro atoms. The molecule has 0 saturated heterocycles. The first kappa shape index (κ1) is 9.31. The Morgan fingerprint density at radius 3 is 1.83 bits per heavy atom. The Morgan fingerprint density at radius 2 is 1.50 bits per heavy atom. The predicted octanol–water partition coefficient (Wildman–Crippen LogP) is 3.87. The summed E-state index contributed by atoms with van der Waals surface area (Å²) >= 11 is 0. The van der Waals surface area contributed by atoms with Gasteiger partial charge in [-0.15, -0.1) is 0 Å². The maximum absolute atomic E-state index is 3.84. The maximum atomic E-state index is 3.84. The fourth-order valence-corrected chi connectivity index (χ4v) is 1.74. The molecule has 0 heterocycles. The minimum Gasteiger partial charge on any atom is -0.0988 e. The van der Waals surface area contributed by atoms with E-state index in [-0.39, 0.29) is 0 Å². The highest BCUT2D eigenvalue weighted by Crippen LogP contribution is 2.28. The van der Waals surface area contributed by atoms with Gasteiger partial charge in [0.2, 0.25) is 0 Å². The SMILES string of the molecule is C=CC1=C(C=C)CCC(C)CC1. The van der Waals surface area contributed by atoms with Crippen molar-refractivity contribution in [1.82, 2.24) is 0 Å². The van der Waals surface area contributed by atoms with Crippen LogP contribution in [-0.2, 0) is 0 Å². The molecule has 66 valence electrons. The van der Waals surface area contributed by atoms with Crippen molar-refractivity contribution >= 4 is 0 Å². The first-order chi connectivity index (χ1) is 5.77. The third-order valence-electron chi connectivity index (χ3n) is 2.72. The van der Waals surface area contributed by atoms with Crippen LogP contribution in [0.25, 0.3) is 0 Å². The van der Waals surface area contributed by atoms with Gasteiger partial charge in [0.1, 0.15) is 0 Å². The molecular formula is C12H18. The minimum atomic E-state index is 0.859. The maximum Gasteiger partial charge on any atom is -0.0274 e. The molecule has 1 aliphatic rings. The molecule has 0 aliphatic heterocycles. The average molecular weight is 162 g/mol. The van der Waals surface area contributed by atoms with Crippen LogP contribution >= 0.6 is 0 Å². The van der Waals surface area contributed by atoms with E-state index in [1.807, 2.05) is 12.2 Å². The van der Waals surface area contributed by atoms with Crippen LogP contribution in [0, 0.1) is 5.92 Å². The van der Waals surface area contributed by atoms with Crippen LogP contribution in [0.1, 0.15) is 32.6 Å². The molecule has 1 aliphatic carbocycles. The molecule has 0 N–H and O–H groups in total. The molecule has 0 nitrogen and oxygen atoms in total. The minimum absolute atomic E-state index is 0.859. The fraction of sp³-hybridized carbons (Fsp3) is 0.500. The molecule has 0 bridgehead atoms. The Bertz CT molecular complexity index is 186. The number of hydrogen-bond acceptors (Lipinski definition) is 0. The molecule has 1 rings (SSSR count). The molecule has 0 heteroatoms. The number of hydrogen-bond donors (Lipinski definition) is 0. The zero-order chi connectivity index (χ0) is 8.97. The first-order valence-corrected chi connectivity index (χ1v) is 4.74. The summed E-state index contributed by atoms with van der Waals surface area (Å²) in [7, 11) is 0. The molecule has 0 aromatic heterocycles. The van der Waals surface area contributed by atoms with Gasteiger partial charge >= 0.3 is 0 Å². The van der Waals surface area contributed by atoms with Crippen LogP contribution in [-0.4, -0.2) is 0 Å². The molecule has 0 unspecified atom stereocenters. The average Bonchev–Trinajstić information content (AvgIpc) is 2.27. The number of rotatable bonds is 2. The summed E-state index contributed by atoms with van der Waals surface area (Å²) in [5.41, 5.74) is 2.82. The Kier molecular flexibility index (Phi) is 3.33. The second kappa shape index (κ2) is 4.30. The Balaban J connectivity index is 2.78. The fourth-order valence-electron chi connectivity index (χ4n) is 1.74. The summed E-state index contributed by atoms with van der Waals surface area (Å²) in [4.78, 5) is 0. The van der Waals surface area contributed by atoms with Gasteiger partial charge < -0.3 is 0 Å². The monoisotopic (exact) mass is 162 g/mol. The topological polar surface area (TPSA) is 0 Å². The Labute approximate surface area is 75.7 Å². The van der Waals surface area contributed by atoms with Crippen molar-refractivity contribution in [3.8, 4) is 0 Å². The van der Waals surface area contributed by atoms with Gasteiger partial charge in [0.05, 0.1) is 0 Å². The standard InChI is InChI=1S/C12H18/c1-4-11-8-6-10(3)7-9-12(11)5-2/h4-5,10H,1-2,6-9H2,3H3. The van der Waals surface area contributed by atoms with Crippen LogP contribution in [0.2, 0.25) is 0 Å². The van der Waals surface area contributed by atoms with E-state index in [2.05, 4.69) is 20.1 Å². The van der Waals surface area contributed by atoms with E-state index in [1.54, 1.807) is 0 Å². The zero-order valence-corrected chi connectivity index (χ0v) is 7.97. The van der Waals surface area contributed by atoms with Crippen LogP contribution in [0.5, 0.6) is 0 Å². The zero-order valence-electron chi connectivity index (χ0n) is 7.97. The van der Waals surface area contributed by atoms with Crippen molar-refractivity contribution in [3.05, 3.63) is 36.5 Å². The van der Waals surface area contributed by atoms with Crippen LogP contribution < -0.4 is 0 Å². The van der Waals surface area contributed by atoms with E-state index in [1.165, 1.54) is 36.8 Å². The van der Waals surface area contributed by atoms with Crippen molar-refractivity contribution in [2.24, 2.45) is 5.92 Å². The van der Waals surface area contributed by atoms with Gasteiger partial charge in [0.25, 0.3) is 0 Å². The van der Waals surface area contributed by atoms with E-state index in [0.29, 0.717) is 0 Å². The van der Waals surface area contributed by atoms with Crippen molar-refractivity contribution in [2.75, 3.05) is 0 Å². The highest BCUT2D eigenvalue weighted by atomic mass is 14.2. The molecular weight excluding hydrogens is 144 g/mol. The second-order valence-electron chi connectivity index (χ2n) is 3.64. The molecule has 0 aromatic rings. The summed E-state index contributed by atoms with van der Waals surface area (Å²) in [5.74, 6) is 0.859. The van der Waals surface area contributed by atoms with E-state index in [0.717, 1.165) is 5.92 Å². The summed E-state index contributed by atoms with van der Waals surface area (Å²) in [6, 6.07) is 0. The molecule has 0 amide bonds. The lowest BCUT2D eigenvalue weighted by atomic mass is 10.0. The third-order valence-corrected chi connectivity index (χ3v) is 2.72. The predicted molar refractivity (Wildman–Crippen MR) is 55.1 cm³/mol. The first-order valence-electron chi connectivity index (χ1n) is 4.74. The highest BCUT2D eigenvalue weighted by Gasteiger charge is 2.11. The lowest BCUT2D eigenvalue weighted by molar-refractivity contribution is 0.509. The lowest BCUT2D eigenvalue weighted by Crippen LogP contribution is -1.90. The summed E-state index contributed by atoms with van der Waals surface area (Å²) in [6.07, 6.45) is 8.97. The van der Waals surface area contributed by atoms with Gasteiger partial charge in [-0.25, -0.2) is 0 Å². The van der Waals surface area contributed by atoms with Crippen LogP contribution in [0.15, 0.2) is 36.5 Å². The number of allylic oxidation sites excluding steroid dienone is 4. The quantitative estimate of drug-likeness (QED) is 0.578.